The zero-order chi connectivity index (χ0) is 14.9. The molecule has 0 radical (unpaired) electrons. The zero-order valence-electron chi connectivity index (χ0n) is 12.8. The Labute approximate surface area is 128 Å². The first-order valence-corrected chi connectivity index (χ1v) is 7.81. The van der Waals surface area contributed by atoms with Crippen LogP contribution in [0.3, 0.4) is 0 Å². The van der Waals surface area contributed by atoms with Crippen LogP contribution in [0.1, 0.15) is 36.9 Å². The molecule has 0 aliphatic heterocycles. The first kappa shape index (κ1) is 15.7. The van der Waals surface area contributed by atoms with Crippen LogP contribution in [0.5, 0.6) is 0 Å². The lowest BCUT2D eigenvalue weighted by Gasteiger charge is -2.32. The van der Waals surface area contributed by atoms with E-state index in [-0.39, 0.29) is 12.6 Å². The average Bonchev–Trinajstić information content (AvgIpc) is 2.55. The molecule has 0 saturated heterocycles. The van der Waals surface area contributed by atoms with Gasteiger partial charge in [-0.3, -0.25) is 4.90 Å². The second kappa shape index (κ2) is 8.60. The SMILES string of the molecule is CCCN(CCCO)C(c1ccccc1)c1ccccc1. The average molecular weight is 283 g/mol. The van der Waals surface area contributed by atoms with Crippen LogP contribution in [-0.4, -0.2) is 29.7 Å². The van der Waals surface area contributed by atoms with Gasteiger partial charge in [0.15, 0.2) is 0 Å². The van der Waals surface area contributed by atoms with Crippen molar-refractivity contribution in [1.29, 1.82) is 0 Å². The van der Waals surface area contributed by atoms with E-state index < -0.39 is 0 Å². The van der Waals surface area contributed by atoms with Crippen molar-refractivity contribution in [3.8, 4) is 0 Å². The van der Waals surface area contributed by atoms with Crippen LogP contribution in [0.15, 0.2) is 60.7 Å². The van der Waals surface area contributed by atoms with Gasteiger partial charge >= 0.3 is 0 Å². The van der Waals surface area contributed by atoms with E-state index in [0.29, 0.717) is 0 Å². The van der Waals surface area contributed by atoms with Crippen molar-refractivity contribution < 1.29 is 5.11 Å². The monoisotopic (exact) mass is 283 g/mol. The maximum absolute atomic E-state index is 9.18. The Balaban J connectivity index is 2.34. The highest BCUT2D eigenvalue weighted by molar-refractivity contribution is 5.31. The summed E-state index contributed by atoms with van der Waals surface area (Å²) in [6, 6.07) is 21.6. The standard InChI is InChI=1S/C19H25NO/c1-2-14-20(15-9-16-21)19(17-10-5-3-6-11-17)18-12-7-4-8-13-18/h3-8,10-13,19,21H,2,9,14-16H2,1H3. The molecule has 0 aliphatic rings. The maximum Gasteiger partial charge on any atom is 0.0601 e. The second-order valence-electron chi connectivity index (χ2n) is 5.34. The normalized spacial score (nSPS) is 11.2. The Kier molecular flexibility index (Phi) is 6.45. The minimum Gasteiger partial charge on any atom is -0.396 e. The third-order valence-electron chi connectivity index (χ3n) is 3.71. The summed E-state index contributed by atoms with van der Waals surface area (Å²) in [5, 5.41) is 9.18. The number of aliphatic hydroxyl groups excluding tert-OH is 1. The highest BCUT2D eigenvalue weighted by Gasteiger charge is 2.20. The molecule has 2 aromatic carbocycles. The van der Waals surface area contributed by atoms with Crippen molar-refractivity contribution in [3.63, 3.8) is 0 Å². The van der Waals surface area contributed by atoms with E-state index in [1.54, 1.807) is 0 Å². The van der Waals surface area contributed by atoms with Gasteiger partial charge in [0, 0.05) is 13.2 Å². The van der Waals surface area contributed by atoms with Gasteiger partial charge in [0.1, 0.15) is 0 Å². The molecule has 0 atom stereocenters. The van der Waals surface area contributed by atoms with Crippen LogP contribution >= 0.6 is 0 Å². The summed E-state index contributed by atoms with van der Waals surface area (Å²) in [6.45, 7) is 4.41. The zero-order valence-corrected chi connectivity index (χ0v) is 12.8. The largest absolute Gasteiger partial charge is 0.396 e. The molecule has 0 heterocycles. The predicted octanol–water partition coefficient (Wildman–Crippen LogP) is 3.87. The number of hydrogen-bond acceptors (Lipinski definition) is 2. The smallest absolute Gasteiger partial charge is 0.0601 e. The van der Waals surface area contributed by atoms with Crippen molar-refractivity contribution >= 4 is 0 Å². The second-order valence-corrected chi connectivity index (χ2v) is 5.34. The van der Waals surface area contributed by atoms with Gasteiger partial charge in [0.2, 0.25) is 0 Å². The minimum atomic E-state index is 0.247. The molecule has 2 nitrogen and oxygen atoms in total. The highest BCUT2D eigenvalue weighted by Crippen LogP contribution is 2.28. The van der Waals surface area contributed by atoms with Crippen molar-refractivity contribution in [3.05, 3.63) is 71.8 Å². The van der Waals surface area contributed by atoms with Crippen molar-refractivity contribution in [2.45, 2.75) is 25.8 Å². The van der Waals surface area contributed by atoms with Gasteiger partial charge in [0.25, 0.3) is 0 Å². The third kappa shape index (κ3) is 4.42. The summed E-state index contributed by atoms with van der Waals surface area (Å²) in [5.74, 6) is 0. The number of aliphatic hydroxyl groups is 1. The fourth-order valence-corrected chi connectivity index (χ4v) is 2.82. The van der Waals surface area contributed by atoms with Crippen LogP contribution in [0.25, 0.3) is 0 Å². The summed E-state index contributed by atoms with van der Waals surface area (Å²) in [7, 11) is 0. The van der Waals surface area contributed by atoms with E-state index >= 15 is 0 Å². The summed E-state index contributed by atoms with van der Waals surface area (Å²) in [6.07, 6.45) is 1.93. The topological polar surface area (TPSA) is 23.5 Å². The van der Waals surface area contributed by atoms with Crippen LogP contribution in [0, 0.1) is 0 Å². The predicted molar refractivity (Wildman–Crippen MR) is 88.3 cm³/mol. The van der Waals surface area contributed by atoms with Gasteiger partial charge in [-0.15, -0.1) is 0 Å². The highest BCUT2D eigenvalue weighted by atomic mass is 16.3. The van der Waals surface area contributed by atoms with E-state index in [9.17, 15) is 5.11 Å². The van der Waals surface area contributed by atoms with Crippen LogP contribution in [0.2, 0.25) is 0 Å². The van der Waals surface area contributed by atoms with Gasteiger partial charge in [0.05, 0.1) is 6.04 Å². The van der Waals surface area contributed by atoms with Crippen LogP contribution < -0.4 is 0 Å². The van der Waals surface area contributed by atoms with Gasteiger partial charge in [-0.1, -0.05) is 67.6 Å². The van der Waals surface area contributed by atoms with Crippen LogP contribution in [0.4, 0.5) is 0 Å². The molecule has 0 amide bonds. The van der Waals surface area contributed by atoms with Gasteiger partial charge in [-0.2, -0.15) is 0 Å². The molecule has 0 spiro atoms. The van der Waals surface area contributed by atoms with E-state index in [0.717, 1.165) is 25.9 Å². The Bertz CT molecular complexity index is 458. The molecule has 0 saturated carbocycles. The van der Waals surface area contributed by atoms with E-state index in [4.69, 9.17) is 0 Å². The van der Waals surface area contributed by atoms with Crippen molar-refractivity contribution in [2.75, 3.05) is 19.7 Å². The Morgan fingerprint density at radius 1 is 0.857 bits per heavy atom. The summed E-state index contributed by atoms with van der Waals surface area (Å²) < 4.78 is 0. The first-order chi connectivity index (χ1) is 10.4. The quantitative estimate of drug-likeness (QED) is 0.795. The molecule has 0 unspecified atom stereocenters. The van der Waals surface area contributed by atoms with E-state index in [2.05, 4.69) is 72.5 Å². The Morgan fingerprint density at radius 3 is 1.81 bits per heavy atom. The van der Waals surface area contributed by atoms with Crippen LogP contribution in [-0.2, 0) is 0 Å². The summed E-state index contributed by atoms with van der Waals surface area (Å²) >= 11 is 0. The molecular formula is C19H25NO. The molecule has 0 bridgehead atoms. The molecule has 21 heavy (non-hydrogen) atoms. The minimum absolute atomic E-state index is 0.247. The lowest BCUT2D eigenvalue weighted by Crippen LogP contribution is -2.32. The molecular weight excluding hydrogens is 258 g/mol. The fraction of sp³-hybridized carbons (Fsp3) is 0.368. The number of hydrogen-bond donors (Lipinski definition) is 1. The maximum atomic E-state index is 9.18. The van der Waals surface area contributed by atoms with Gasteiger partial charge < -0.3 is 5.11 Å². The molecule has 0 aliphatic carbocycles. The molecule has 2 aromatic rings. The van der Waals surface area contributed by atoms with Gasteiger partial charge in [-0.05, 0) is 30.5 Å². The lowest BCUT2D eigenvalue weighted by atomic mass is 9.96. The number of nitrogens with zero attached hydrogens (tertiary/aromatic N) is 1. The number of rotatable bonds is 8. The number of benzene rings is 2. The molecule has 112 valence electrons. The van der Waals surface area contributed by atoms with Crippen molar-refractivity contribution in [2.24, 2.45) is 0 Å². The first-order valence-electron chi connectivity index (χ1n) is 7.81. The Morgan fingerprint density at radius 2 is 1.38 bits per heavy atom. The van der Waals surface area contributed by atoms with E-state index in [1.807, 2.05) is 0 Å². The molecule has 0 aromatic heterocycles. The lowest BCUT2D eigenvalue weighted by molar-refractivity contribution is 0.194. The Hall–Kier alpha value is -1.64. The molecule has 2 rings (SSSR count). The van der Waals surface area contributed by atoms with Gasteiger partial charge in [-0.25, -0.2) is 0 Å². The van der Waals surface area contributed by atoms with Crippen molar-refractivity contribution in [1.82, 2.24) is 4.90 Å². The summed E-state index contributed by atoms with van der Waals surface area (Å²) in [4.78, 5) is 2.47. The summed E-state index contributed by atoms with van der Waals surface area (Å²) in [5.41, 5.74) is 2.63. The molecule has 1 N–H and O–H groups in total. The fourth-order valence-electron chi connectivity index (χ4n) is 2.82. The van der Waals surface area contributed by atoms with E-state index in [1.165, 1.54) is 11.1 Å². The third-order valence-corrected chi connectivity index (χ3v) is 3.71. The molecule has 2 heteroatoms. The molecule has 0 fully saturated rings.